The maximum absolute atomic E-state index is 12.7. The van der Waals surface area contributed by atoms with E-state index in [4.69, 9.17) is 16.3 Å². The second-order valence-corrected chi connectivity index (χ2v) is 4.84. The third-order valence-electron chi connectivity index (χ3n) is 3.05. The highest BCUT2D eigenvalue weighted by Crippen LogP contribution is 2.17. The first-order valence-electron chi connectivity index (χ1n) is 6.64. The van der Waals surface area contributed by atoms with Crippen LogP contribution in [0.4, 0.5) is 0 Å². The van der Waals surface area contributed by atoms with Crippen molar-refractivity contribution in [1.82, 2.24) is 9.88 Å². The topological polar surface area (TPSA) is 42.4 Å². The molecule has 0 aliphatic rings. The van der Waals surface area contributed by atoms with Crippen molar-refractivity contribution in [3.8, 4) is 5.88 Å². The number of rotatable bonds is 6. The van der Waals surface area contributed by atoms with Crippen LogP contribution in [0.25, 0.3) is 0 Å². The van der Waals surface area contributed by atoms with Crippen LogP contribution in [-0.4, -0.2) is 35.3 Å². The molecule has 0 fully saturated rings. The number of amides is 1. The minimum absolute atomic E-state index is 0.135. The highest BCUT2D eigenvalue weighted by molar-refractivity contribution is 6.18. The lowest BCUT2D eigenvalue weighted by molar-refractivity contribution is 0.0749. The lowest BCUT2D eigenvalue weighted by Crippen LogP contribution is -2.32. The van der Waals surface area contributed by atoms with Gasteiger partial charge in [-0.2, -0.15) is 0 Å². The van der Waals surface area contributed by atoms with E-state index in [-0.39, 0.29) is 5.91 Å². The Kier molecular flexibility index (Phi) is 5.58. The van der Waals surface area contributed by atoms with Crippen LogP contribution in [0.2, 0.25) is 0 Å². The first-order valence-corrected chi connectivity index (χ1v) is 7.18. The third kappa shape index (κ3) is 3.95. The van der Waals surface area contributed by atoms with E-state index in [1.165, 1.54) is 7.11 Å². The number of nitrogens with zero attached hydrogens (tertiary/aromatic N) is 2. The SMILES string of the molecule is COc1ncccc1C(=O)N(CCCl)Cc1ccccc1. The van der Waals surface area contributed by atoms with E-state index in [1.54, 1.807) is 23.2 Å². The van der Waals surface area contributed by atoms with Gasteiger partial charge in [-0.3, -0.25) is 4.79 Å². The average Bonchev–Trinajstić information content (AvgIpc) is 2.54. The molecule has 2 rings (SSSR count). The van der Waals surface area contributed by atoms with Gasteiger partial charge in [0.1, 0.15) is 5.56 Å². The quantitative estimate of drug-likeness (QED) is 0.771. The van der Waals surface area contributed by atoms with Crippen LogP contribution in [-0.2, 0) is 6.54 Å². The first kappa shape index (κ1) is 15.3. The molecule has 0 radical (unpaired) electrons. The molecule has 0 saturated carbocycles. The standard InChI is InChI=1S/C16H17ClN2O2/c1-21-15-14(8-5-10-18-15)16(20)19(11-9-17)12-13-6-3-2-4-7-13/h2-8,10H,9,11-12H2,1H3. The summed E-state index contributed by atoms with van der Waals surface area (Å²) in [5, 5.41) is 0. The van der Waals surface area contributed by atoms with Gasteiger partial charge in [0.15, 0.2) is 0 Å². The minimum atomic E-state index is -0.135. The van der Waals surface area contributed by atoms with E-state index in [1.807, 2.05) is 30.3 Å². The van der Waals surface area contributed by atoms with Gasteiger partial charge in [-0.1, -0.05) is 30.3 Å². The molecule has 110 valence electrons. The molecule has 1 amide bonds. The number of carbonyl (C=O) groups is 1. The summed E-state index contributed by atoms with van der Waals surface area (Å²) in [4.78, 5) is 18.4. The van der Waals surface area contributed by atoms with Crippen molar-refractivity contribution in [2.24, 2.45) is 0 Å². The maximum atomic E-state index is 12.7. The number of alkyl halides is 1. The van der Waals surface area contributed by atoms with Crippen molar-refractivity contribution >= 4 is 17.5 Å². The summed E-state index contributed by atoms with van der Waals surface area (Å²) in [5.41, 5.74) is 1.50. The average molecular weight is 305 g/mol. The molecule has 0 N–H and O–H groups in total. The van der Waals surface area contributed by atoms with E-state index in [9.17, 15) is 4.79 Å². The van der Waals surface area contributed by atoms with E-state index >= 15 is 0 Å². The van der Waals surface area contributed by atoms with Gasteiger partial charge in [-0.25, -0.2) is 4.98 Å². The maximum Gasteiger partial charge on any atom is 0.259 e. The lowest BCUT2D eigenvalue weighted by atomic mass is 10.2. The van der Waals surface area contributed by atoms with Crippen molar-refractivity contribution in [3.63, 3.8) is 0 Å². The number of pyridine rings is 1. The van der Waals surface area contributed by atoms with Gasteiger partial charge in [0.05, 0.1) is 7.11 Å². The second kappa shape index (κ2) is 7.64. The lowest BCUT2D eigenvalue weighted by Gasteiger charge is -2.22. The first-order chi connectivity index (χ1) is 10.3. The van der Waals surface area contributed by atoms with E-state index in [0.29, 0.717) is 30.4 Å². The van der Waals surface area contributed by atoms with Gasteiger partial charge in [-0.05, 0) is 17.7 Å². The Bertz CT molecular complexity index is 590. The molecule has 1 aromatic heterocycles. The van der Waals surface area contributed by atoms with Crippen LogP contribution < -0.4 is 4.74 Å². The molecule has 0 saturated heterocycles. The van der Waals surface area contributed by atoms with Gasteiger partial charge in [0.25, 0.3) is 5.91 Å². The molecule has 0 atom stereocenters. The van der Waals surface area contributed by atoms with Gasteiger partial charge in [0, 0.05) is 25.2 Å². The van der Waals surface area contributed by atoms with Crippen molar-refractivity contribution in [2.75, 3.05) is 19.5 Å². The zero-order chi connectivity index (χ0) is 15.1. The van der Waals surface area contributed by atoms with Crippen LogP contribution in [0.15, 0.2) is 48.7 Å². The van der Waals surface area contributed by atoms with Crippen molar-refractivity contribution in [2.45, 2.75) is 6.54 Å². The molecule has 21 heavy (non-hydrogen) atoms. The normalized spacial score (nSPS) is 10.2. The molecule has 5 heteroatoms. The largest absolute Gasteiger partial charge is 0.480 e. The number of ether oxygens (including phenoxy) is 1. The van der Waals surface area contributed by atoms with Gasteiger partial charge >= 0.3 is 0 Å². The molecule has 0 aliphatic carbocycles. The Morgan fingerprint density at radius 2 is 2.00 bits per heavy atom. The van der Waals surface area contributed by atoms with E-state index < -0.39 is 0 Å². The van der Waals surface area contributed by atoms with Crippen LogP contribution >= 0.6 is 11.6 Å². The number of aromatic nitrogens is 1. The Balaban J connectivity index is 2.23. The fourth-order valence-corrected chi connectivity index (χ4v) is 2.25. The monoisotopic (exact) mass is 304 g/mol. The third-order valence-corrected chi connectivity index (χ3v) is 3.22. The number of hydrogen-bond donors (Lipinski definition) is 0. The van der Waals surface area contributed by atoms with E-state index in [2.05, 4.69) is 4.98 Å². The van der Waals surface area contributed by atoms with Crippen molar-refractivity contribution < 1.29 is 9.53 Å². The molecular weight excluding hydrogens is 288 g/mol. The minimum Gasteiger partial charge on any atom is -0.480 e. The highest BCUT2D eigenvalue weighted by Gasteiger charge is 2.20. The molecule has 4 nitrogen and oxygen atoms in total. The predicted octanol–water partition coefficient (Wildman–Crippen LogP) is 2.97. The number of halogens is 1. The molecular formula is C16H17ClN2O2. The number of methoxy groups -OCH3 is 1. The van der Waals surface area contributed by atoms with Crippen LogP contribution in [0, 0.1) is 0 Å². The molecule has 1 aromatic carbocycles. The molecule has 0 aliphatic heterocycles. The summed E-state index contributed by atoms with van der Waals surface area (Å²) >= 11 is 5.83. The van der Waals surface area contributed by atoms with Crippen molar-refractivity contribution in [3.05, 3.63) is 59.8 Å². The molecule has 2 aromatic rings. The summed E-state index contributed by atoms with van der Waals surface area (Å²) in [6.45, 7) is 0.970. The van der Waals surface area contributed by atoms with Gasteiger partial charge in [-0.15, -0.1) is 11.6 Å². The van der Waals surface area contributed by atoms with Gasteiger partial charge in [0.2, 0.25) is 5.88 Å². The summed E-state index contributed by atoms with van der Waals surface area (Å²) in [6.07, 6.45) is 1.60. The number of benzene rings is 1. The predicted molar refractivity (Wildman–Crippen MR) is 82.7 cm³/mol. The zero-order valence-corrected chi connectivity index (χ0v) is 12.6. The molecule has 0 bridgehead atoms. The fourth-order valence-electron chi connectivity index (χ4n) is 2.04. The summed E-state index contributed by atoms with van der Waals surface area (Å²) < 4.78 is 5.15. The van der Waals surface area contributed by atoms with Crippen molar-refractivity contribution in [1.29, 1.82) is 0 Å². The Morgan fingerprint density at radius 3 is 2.67 bits per heavy atom. The second-order valence-electron chi connectivity index (χ2n) is 4.46. The zero-order valence-electron chi connectivity index (χ0n) is 11.8. The van der Waals surface area contributed by atoms with Gasteiger partial charge < -0.3 is 9.64 Å². The molecule has 1 heterocycles. The fraction of sp³-hybridized carbons (Fsp3) is 0.250. The van der Waals surface area contributed by atoms with Crippen LogP contribution in [0.1, 0.15) is 15.9 Å². The smallest absolute Gasteiger partial charge is 0.259 e. The Labute approximate surface area is 129 Å². The summed E-state index contributed by atoms with van der Waals surface area (Å²) in [6, 6.07) is 13.2. The Hall–Kier alpha value is -2.07. The summed E-state index contributed by atoms with van der Waals surface area (Å²) in [7, 11) is 1.50. The van der Waals surface area contributed by atoms with E-state index in [0.717, 1.165) is 5.56 Å². The number of carbonyl (C=O) groups excluding carboxylic acids is 1. The Morgan fingerprint density at radius 1 is 1.24 bits per heavy atom. The molecule has 0 spiro atoms. The van der Waals surface area contributed by atoms with Crippen LogP contribution in [0.3, 0.4) is 0 Å². The molecule has 0 unspecified atom stereocenters. The number of hydrogen-bond acceptors (Lipinski definition) is 3. The highest BCUT2D eigenvalue weighted by atomic mass is 35.5. The van der Waals surface area contributed by atoms with Crippen LogP contribution in [0.5, 0.6) is 5.88 Å². The summed E-state index contributed by atoms with van der Waals surface area (Å²) in [5.74, 6) is 0.570.